The summed E-state index contributed by atoms with van der Waals surface area (Å²) in [7, 11) is 1.58. The molecule has 2 aliphatic rings. The maximum atomic E-state index is 11.2. The number of ether oxygens (including phenoxy) is 3. The number of methoxy groups -OCH3 is 1. The Hall–Kier alpha value is -1.43. The SMILES string of the molecule is CO[C@@H](c1ccccc1)[C@H]1O[C@@H]2CC(=O)O[C@@H]2[C@H]1O. The summed E-state index contributed by atoms with van der Waals surface area (Å²) < 4.78 is 16.3. The number of aliphatic hydroxyl groups is 1. The van der Waals surface area contributed by atoms with Crippen molar-refractivity contribution in [3.05, 3.63) is 35.9 Å². The fourth-order valence-corrected chi connectivity index (χ4v) is 2.79. The largest absolute Gasteiger partial charge is 0.457 e. The van der Waals surface area contributed by atoms with Crippen LogP contribution in [0.3, 0.4) is 0 Å². The smallest absolute Gasteiger partial charge is 0.309 e. The molecule has 2 fully saturated rings. The van der Waals surface area contributed by atoms with Crippen LogP contribution < -0.4 is 0 Å². The molecule has 0 bridgehead atoms. The molecule has 102 valence electrons. The van der Waals surface area contributed by atoms with Crippen LogP contribution in [-0.2, 0) is 19.0 Å². The Balaban J connectivity index is 1.81. The Morgan fingerprint density at radius 1 is 1.37 bits per heavy atom. The molecular formula is C14H16O5. The standard InChI is InChI=1S/C14H16O5/c1-17-12(8-5-3-2-4-6-8)14-11(16)13-9(18-14)7-10(15)19-13/h2-6,9,11-14,16H,7H2,1H3/t9-,11-,12+,13+,14+/m1/s1. The summed E-state index contributed by atoms with van der Waals surface area (Å²) in [4.78, 5) is 11.2. The summed E-state index contributed by atoms with van der Waals surface area (Å²) in [6.07, 6.45) is -2.49. The van der Waals surface area contributed by atoms with E-state index in [1.807, 2.05) is 30.3 Å². The Morgan fingerprint density at radius 2 is 2.11 bits per heavy atom. The molecule has 0 spiro atoms. The number of carbonyl (C=O) groups is 1. The summed E-state index contributed by atoms with van der Waals surface area (Å²) in [5, 5.41) is 10.3. The summed E-state index contributed by atoms with van der Waals surface area (Å²) in [5.41, 5.74) is 0.931. The predicted octanol–water partition coefficient (Wildman–Crippen LogP) is 0.818. The van der Waals surface area contributed by atoms with Gasteiger partial charge in [0.15, 0.2) is 6.10 Å². The number of hydrogen-bond donors (Lipinski definition) is 1. The van der Waals surface area contributed by atoms with Crippen molar-refractivity contribution >= 4 is 5.97 Å². The molecule has 5 heteroatoms. The minimum atomic E-state index is -0.860. The normalized spacial score (nSPS) is 34.9. The molecule has 0 amide bonds. The summed E-state index contributed by atoms with van der Waals surface area (Å²) in [6.45, 7) is 0. The third-order valence-electron chi connectivity index (χ3n) is 3.69. The lowest BCUT2D eigenvalue weighted by Crippen LogP contribution is -2.36. The van der Waals surface area contributed by atoms with Crippen molar-refractivity contribution in [2.45, 2.75) is 36.9 Å². The van der Waals surface area contributed by atoms with Gasteiger partial charge in [0, 0.05) is 7.11 Å². The molecule has 1 aromatic carbocycles. The third-order valence-corrected chi connectivity index (χ3v) is 3.69. The highest BCUT2D eigenvalue weighted by molar-refractivity contribution is 5.73. The topological polar surface area (TPSA) is 65.0 Å². The van der Waals surface area contributed by atoms with Gasteiger partial charge in [-0.05, 0) is 5.56 Å². The maximum absolute atomic E-state index is 11.2. The molecule has 1 aromatic rings. The zero-order valence-corrected chi connectivity index (χ0v) is 10.6. The first-order chi connectivity index (χ1) is 9.20. The van der Waals surface area contributed by atoms with E-state index < -0.39 is 18.3 Å². The van der Waals surface area contributed by atoms with E-state index in [1.54, 1.807) is 7.11 Å². The van der Waals surface area contributed by atoms with Gasteiger partial charge in [0.05, 0.1) is 6.42 Å². The fourth-order valence-electron chi connectivity index (χ4n) is 2.79. The molecule has 1 N–H and O–H groups in total. The summed E-state index contributed by atoms with van der Waals surface area (Å²) in [6, 6.07) is 9.57. The molecule has 3 rings (SSSR count). The van der Waals surface area contributed by atoms with Crippen molar-refractivity contribution in [1.29, 1.82) is 0 Å². The second-order valence-corrected chi connectivity index (χ2v) is 4.86. The molecule has 0 saturated carbocycles. The number of benzene rings is 1. The molecule has 0 aliphatic carbocycles. The van der Waals surface area contributed by atoms with Crippen molar-refractivity contribution in [1.82, 2.24) is 0 Å². The van der Waals surface area contributed by atoms with E-state index in [4.69, 9.17) is 14.2 Å². The van der Waals surface area contributed by atoms with Gasteiger partial charge in [0.25, 0.3) is 0 Å². The lowest BCUT2D eigenvalue weighted by Gasteiger charge is -2.25. The van der Waals surface area contributed by atoms with E-state index in [-0.39, 0.29) is 24.6 Å². The van der Waals surface area contributed by atoms with E-state index in [0.717, 1.165) is 5.56 Å². The van der Waals surface area contributed by atoms with Crippen molar-refractivity contribution in [2.75, 3.05) is 7.11 Å². The van der Waals surface area contributed by atoms with Gasteiger partial charge < -0.3 is 19.3 Å². The molecule has 0 radical (unpaired) electrons. The Kier molecular flexibility index (Phi) is 3.26. The first-order valence-electron chi connectivity index (χ1n) is 6.31. The second kappa shape index (κ2) is 4.92. The Morgan fingerprint density at radius 3 is 2.74 bits per heavy atom. The van der Waals surface area contributed by atoms with Crippen LogP contribution >= 0.6 is 0 Å². The average Bonchev–Trinajstić information content (AvgIpc) is 2.91. The molecule has 2 heterocycles. The van der Waals surface area contributed by atoms with Crippen molar-refractivity contribution < 1.29 is 24.1 Å². The number of esters is 1. The highest BCUT2D eigenvalue weighted by Gasteiger charge is 2.53. The van der Waals surface area contributed by atoms with Gasteiger partial charge in [-0.25, -0.2) is 0 Å². The lowest BCUT2D eigenvalue weighted by atomic mass is 9.98. The molecule has 0 unspecified atom stereocenters. The van der Waals surface area contributed by atoms with E-state index in [9.17, 15) is 9.90 Å². The summed E-state index contributed by atoms with van der Waals surface area (Å²) in [5.74, 6) is -0.318. The van der Waals surface area contributed by atoms with Crippen LogP contribution in [0.5, 0.6) is 0 Å². The minimum absolute atomic E-state index is 0.198. The van der Waals surface area contributed by atoms with Gasteiger partial charge >= 0.3 is 5.97 Å². The molecular weight excluding hydrogens is 248 g/mol. The molecule has 5 nitrogen and oxygen atoms in total. The Bertz CT molecular complexity index is 460. The minimum Gasteiger partial charge on any atom is -0.457 e. The predicted molar refractivity (Wildman–Crippen MR) is 65.4 cm³/mol. The average molecular weight is 264 g/mol. The molecule has 5 atom stereocenters. The van der Waals surface area contributed by atoms with Crippen LogP contribution in [0.4, 0.5) is 0 Å². The summed E-state index contributed by atoms with van der Waals surface area (Å²) >= 11 is 0. The van der Waals surface area contributed by atoms with Crippen molar-refractivity contribution in [3.8, 4) is 0 Å². The van der Waals surface area contributed by atoms with E-state index >= 15 is 0 Å². The van der Waals surface area contributed by atoms with Crippen LogP contribution in [0, 0.1) is 0 Å². The van der Waals surface area contributed by atoms with Crippen LogP contribution in [0.15, 0.2) is 30.3 Å². The van der Waals surface area contributed by atoms with Crippen LogP contribution in [0.2, 0.25) is 0 Å². The number of carbonyl (C=O) groups excluding carboxylic acids is 1. The van der Waals surface area contributed by atoms with Gasteiger partial charge in [-0.15, -0.1) is 0 Å². The van der Waals surface area contributed by atoms with Gasteiger partial charge in [-0.1, -0.05) is 30.3 Å². The van der Waals surface area contributed by atoms with Crippen LogP contribution in [0.1, 0.15) is 18.1 Å². The first kappa shape index (κ1) is 12.6. The maximum Gasteiger partial charge on any atom is 0.309 e. The molecule has 19 heavy (non-hydrogen) atoms. The number of aliphatic hydroxyl groups excluding tert-OH is 1. The molecule has 2 aliphatic heterocycles. The van der Waals surface area contributed by atoms with E-state index in [0.29, 0.717) is 0 Å². The quantitative estimate of drug-likeness (QED) is 0.819. The first-order valence-corrected chi connectivity index (χ1v) is 6.31. The lowest BCUT2D eigenvalue weighted by molar-refractivity contribution is -0.147. The number of fused-ring (bicyclic) bond motifs is 1. The van der Waals surface area contributed by atoms with Gasteiger partial charge in [0.1, 0.15) is 24.4 Å². The highest BCUT2D eigenvalue weighted by Crippen LogP contribution is 2.38. The van der Waals surface area contributed by atoms with Gasteiger partial charge in [-0.3, -0.25) is 4.79 Å². The van der Waals surface area contributed by atoms with Crippen molar-refractivity contribution in [2.24, 2.45) is 0 Å². The van der Waals surface area contributed by atoms with Crippen LogP contribution in [0.25, 0.3) is 0 Å². The second-order valence-electron chi connectivity index (χ2n) is 4.86. The van der Waals surface area contributed by atoms with Crippen molar-refractivity contribution in [3.63, 3.8) is 0 Å². The van der Waals surface area contributed by atoms with Crippen LogP contribution in [-0.4, -0.2) is 42.6 Å². The molecule has 0 aromatic heterocycles. The zero-order valence-electron chi connectivity index (χ0n) is 10.6. The monoisotopic (exact) mass is 264 g/mol. The number of rotatable bonds is 3. The van der Waals surface area contributed by atoms with Gasteiger partial charge in [-0.2, -0.15) is 0 Å². The number of hydrogen-bond acceptors (Lipinski definition) is 5. The molecule has 2 saturated heterocycles. The van der Waals surface area contributed by atoms with E-state index in [2.05, 4.69) is 0 Å². The third kappa shape index (κ3) is 2.14. The highest BCUT2D eigenvalue weighted by atomic mass is 16.6. The zero-order chi connectivity index (χ0) is 13.4. The Labute approximate surface area is 111 Å². The van der Waals surface area contributed by atoms with Gasteiger partial charge in [0.2, 0.25) is 0 Å². The fraction of sp³-hybridized carbons (Fsp3) is 0.500. The van der Waals surface area contributed by atoms with E-state index in [1.165, 1.54) is 0 Å².